The molecule has 3 rings (SSSR count). The normalized spacial score (nSPS) is 18.9. The minimum absolute atomic E-state index is 0.352. The highest BCUT2D eigenvalue weighted by molar-refractivity contribution is 5.38. The molecule has 1 aromatic heterocycles. The van der Waals surface area contributed by atoms with Gasteiger partial charge in [0.2, 0.25) is 0 Å². The zero-order valence-electron chi connectivity index (χ0n) is 12.7. The van der Waals surface area contributed by atoms with E-state index in [1.165, 1.54) is 23.1 Å². The Balaban J connectivity index is 1.68. The molecular weight excluding hydrogens is 260 g/mol. The van der Waals surface area contributed by atoms with Crippen molar-refractivity contribution in [3.05, 3.63) is 59.4 Å². The average molecular weight is 282 g/mol. The molecule has 1 heterocycles. The van der Waals surface area contributed by atoms with Gasteiger partial charge in [0.25, 0.3) is 0 Å². The second kappa shape index (κ2) is 6.27. The van der Waals surface area contributed by atoms with Crippen molar-refractivity contribution >= 4 is 0 Å². The van der Waals surface area contributed by atoms with Gasteiger partial charge in [-0.15, -0.1) is 0 Å². The van der Waals surface area contributed by atoms with Crippen LogP contribution in [0.25, 0.3) is 0 Å². The van der Waals surface area contributed by atoms with Gasteiger partial charge in [-0.1, -0.05) is 6.07 Å². The summed E-state index contributed by atoms with van der Waals surface area (Å²) in [5.41, 5.74) is 4.17. The largest absolute Gasteiger partial charge is 0.497 e. The summed E-state index contributed by atoms with van der Waals surface area (Å²) in [6.07, 6.45) is 7.11. The number of aromatic nitrogens is 1. The number of nitrogens with zero attached hydrogens (tertiary/aromatic N) is 1. The number of nitrogens with one attached hydrogen (secondary N) is 1. The highest BCUT2D eigenvalue weighted by Crippen LogP contribution is 2.26. The lowest BCUT2D eigenvalue weighted by Gasteiger charge is -2.29. The molecule has 1 aromatic carbocycles. The molecule has 0 saturated carbocycles. The van der Waals surface area contributed by atoms with Gasteiger partial charge in [0.05, 0.1) is 7.11 Å². The van der Waals surface area contributed by atoms with Crippen LogP contribution < -0.4 is 10.1 Å². The first-order valence-corrected chi connectivity index (χ1v) is 7.58. The second-order valence-electron chi connectivity index (χ2n) is 5.74. The number of hydrogen-bond acceptors (Lipinski definition) is 3. The van der Waals surface area contributed by atoms with Crippen molar-refractivity contribution in [3.8, 4) is 5.75 Å². The zero-order valence-corrected chi connectivity index (χ0v) is 12.7. The van der Waals surface area contributed by atoms with Crippen LogP contribution >= 0.6 is 0 Å². The molecule has 2 unspecified atom stereocenters. The Morgan fingerprint density at radius 3 is 2.76 bits per heavy atom. The summed E-state index contributed by atoms with van der Waals surface area (Å²) in [5.74, 6) is 0.955. The lowest BCUT2D eigenvalue weighted by atomic mass is 9.87. The molecule has 1 aliphatic carbocycles. The maximum Gasteiger partial charge on any atom is 0.119 e. The van der Waals surface area contributed by atoms with E-state index in [1.807, 2.05) is 12.4 Å². The molecule has 3 heteroatoms. The number of aryl methyl sites for hydroxylation is 1. The number of methoxy groups -OCH3 is 1. The third-order valence-corrected chi connectivity index (χ3v) is 4.33. The third-order valence-electron chi connectivity index (χ3n) is 4.33. The van der Waals surface area contributed by atoms with Crippen molar-refractivity contribution in [3.63, 3.8) is 0 Å². The molecule has 0 amide bonds. The van der Waals surface area contributed by atoms with Crippen molar-refractivity contribution in [1.82, 2.24) is 10.3 Å². The lowest BCUT2D eigenvalue weighted by Crippen LogP contribution is -2.36. The summed E-state index contributed by atoms with van der Waals surface area (Å²) in [6.45, 7) is 2.22. The van der Waals surface area contributed by atoms with Crippen LogP contribution in [0.2, 0.25) is 0 Å². The number of hydrogen-bond donors (Lipinski definition) is 1. The van der Waals surface area contributed by atoms with Crippen molar-refractivity contribution in [2.45, 2.75) is 38.3 Å². The molecule has 0 aliphatic heterocycles. The van der Waals surface area contributed by atoms with Crippen LogP contribution in [-0.4, -0.2) is 18.1 Å². The Bertz CT molecular complexity index is 597. The minimum atomic E-state index is 0.352. The molecule has 2 atom stereocenters. The van der Waals surface area contributed by atoms with Gasteiger partial charge in [0, 0.05) is 24.5 Å². The van der Waals surface area contributed by atoms with Crippen LogP contribution in [0, 0.1) is 0 Å². The summed E-state index contributed by atoms with van der Waals surface area (Å²) >= 11 is 0. The van der Waals surface area contributed by atoms with E-state index in [9.17, 15) is 0 Å². The highest BCUT2D eigenvalue weighted by Gasteiger charge is 2.20. The lowest BCUT2D eigenvalue weighted by molar-refractivity contribution is 0.402. The van der Waals surface area contributed by atoms with Gasteiger partial charge in [-0.2, -0.15) is 0 Å². The van der Waals surface area contributed by atoms with Gasteiger partial charge < -0.3 is 10.1 Å². The Morgan fingerprint density at radius 1 is 1.19 bits per heavy atom. The monoisotopic (exact) mass is 282 g/mol. The number of rotatable bonds is 4. The first-order chi connectivity index (χ1) is 10.3. The molecule has 21 heavy (non-hydrogen) atoms. The molecule has 1 N–H and O–H groups in total. The molecule has 110 valence electrons. The van der Waals surface area contributed by atoms with Crippen LogP contribution in [0.5, 0.6) is 5.75 Å². The number of fused-ring (bicyclic) bond motifs is 1. The Kier molecular flexibility index (Phi) is 4.20. The average Bonchev–Trinajstić information content (AvgIpc) is 2.55. The van der Waals surface area contributed by atoms with E-state index in [1.54, 1.807) is 7.11 Å². The predicted octanol–water partition coefficient (Wildman–Crippen LogP) is 3.30. The maximum absolute atomic E-state index is 5.34. The topological polar surface area (TPSA) is 34.1 Å². The first-order valence-electron chi connectivity index (χ1n) is 7.58. The van der Waals surface area contributed by atoms with Crippen LogP contribution in [-0.2, 0) is 12.8 Å². The molecule has 1 aliphatic rings. The van der Waals surface area contributed by atoms with Crippen molar-refractivity contribution in [2.75, 3.05) is 7.11 Å². The Hall–Kier alpha value is -1.87. The second-order valence-corrected chi connectivity index (χ2v) is 5.74. The molecule has 2 aromatic rings. The molecule has 0 fully saturated rings. The van der Waals surface area contributed by atoms with Crippen LogP contribution in [0.1, 0.15) is 36.1 Å². The molecule has 3 nitrogen and oxygen atoms in total. The number of benzene rings is 1. The Labute approximate surface area is 126 Å². The predicted molar refractivity (Wildman–Crippen MR) is 84.6 cm³/mol. The van der Waals surface area contributed by atoms with E-state index in [-0.39, 0.29) is 0 Å². The quantitative estimate of drug-likeness (QED) is 0.934. The molecule has 0 radical (unpaired) electrons. The van der Waals surface area contributed by atoms with Gasteiger partial charge in [0.1, 0.15) is 5.75 Å². The number of pyridine rings is 1. The minimum Gasteiger partial charge on any atom is -0.497 e. The molecule has 0 saturated heterocycles. The van der Waals surface area contributed by atoms with Crippen molar-refractivity contribution in [2.24, 2.45) is 0 Å². The van der Waals surface area contributed by atoms with Crippen LogP contribution in [0.3, 0.4) is 0 Å². The number of ether oxygens (including phenoxy) is 1. The van der Waals surface area contributed by atoms with Gasteiger partial charge in [-0.25, -0.2) is 0 Å². The fourth-order valence-electron chi connectivity index (χ4n) is 3.10. The van der Waals surface area contributed by atoms with Gasteiger partial charge >= 0.3 is 0 Å². The van der Waals surface area contributed by atoms with E-state index < -0.39 is 0 Å². The van der Waals surface area contributed by atoms with Crippen molar-refractivity contribution in [1.29, 1.82) is 0 Å². The van der Waals surface area contributed by atoms with E-state index in [4.69, 9.17) is 4.74 Å². The van der Waals surface area contributed by atoms with E-state index >= 15 is 0 Å². The third kappa shape index (κ3) is 3.24. The summed E-state index contributed by atoms with van der Waals surface area (Å²) in [6, 6.07) is 11.5. The zero-order chi connectivity index (χ0) is 14.7. The van der Waals surface area contributed by atoms with E-state index in [0.29, 0.717) is 12.1 Å². The van der Waals surface area contributed by atoms with Gasteiger partial charge in [-0.05, 0) is 67.1 Å². The Morgan fingerprint density at radius 2 is 2.00 bits per heavy atom. The highest BCUT2D eigenvalue weighted by atomic mass is 16.5. The molecular formula is C18H22N2O. The van der Waals surface area contributed by atoms with Crippen LogP contribution in [0.4, 0.5) is 0 Å². The van der Waals surface area contributed by atoms with Gasteiger partial charge in [0.15, 0.2) is 0 Å². The van der Waals surface area contributed by atoms with E-state index in [2.05, 4.69) is 47.6 Å². The standard InChI is InChI=1S/C18H22N2O/c1-13(14-7-9-19-10-8-14)20-17-5-3-15-4-6-18(21-2)12-16(15)11-17/h4,6-10,12-13,17,20H,3,5,11H2,1-2H3. The summed E-state index contributed by atoms with van der Waals surface area (Å²) in [5, 5.41) is 3.74. The smallest absolute Gasteiger partial charge is 0.119 e. The van der Waals surface area contributed by atoms with Crippen molar-refractivity contribution < 1.29 is 4.74 Å². The fraction of sp³-hybridized carbons (Fsp3) is 0.389. The summed E-state index contributed by atoms with van der Waals surface area (Å²) in [4.78, 5) is 4.08. The molecule has 0 spiro atoms. The SMILES string of the molecule is COc1ccc2c(c1)CC(NC(C)c1ccncc1)CC2. The summed E-state index contributed by atoms with van der Waals surface area (Å²) < 4.78 is 5.34. The first kappa shape index (κ1) is 14.1. The van der Waals surface area contributed by atoms with Crippen LogP contribution in [0.15, 0.2) is 42.7 Å². The van der Waals surface area contributed by atoms with Gasteiger partial charge in [-0.3, -0.25) is 4.98 Å². The fourth-order valence-corrected chi connectivity index (χ4v) is 3.10. The maximum atomic E-state index is 5.34. The van der Waals surface area contributed by atoms with E-state index in [0.717, 1.165) is 18.6 Å². The molecule has 0 bridgehead atoms. The summed E-state index contributed by atoms with van der Waals surface area (Å²) in [7, 11) is 1.73.